The molecular formula is C30H32N2O6. The van der Waals surface area contributed by atoms with Crippen LogP contribution in [0.25, 0.3) is 11.1 Å². The number of nitrogens with two attached hydrogens (primary N) is 1. The number of amides is 1. The van der Waals surface area contributed by atoms with Gasteiger partial charge in [0.05, 0.1) is 13.2 Å². The van der Waals surface area contributed by atoms with Crippen molar-refractivity contribution in [1.29, 1.82) is 0 Å². The standard InChI is InChI=1S/C30H32N2O6/c1-30(2,3)38-28(35)25(31)19-15-13-18(14-16-19)17-24(27(33)34)32(29(36)37-4)26-22-11-7-5-9-20(22)21-10-6-8-12-23(21)26/h5-16,24-26H,17,31H2,1-4H3,(H,33,34). The molecule has 8 heteroatoms. The summed E-state index contributed by atoms with van der Waals surface area (Å²) in [7, 11) is 1.24. The molecule has 3 aromatic rings. The highest BCUT2D eigenvalue weighted by atomic mass is 16.6. The van der Waals surface area contributed by atoms with Gasteiger partial charge in [-0.05, 0) is 54.2 Å². The Morgan fingerprint density at radius 2 is 1.45 bits per heavy atom. The molecule has 3 aromatic carbocycles. The zero-order valence-electron chi connectivity index (χ0n) is 21.9. The number of carboxylic acids is 1. The number of methoxy groups -OCH3 is 1. The molecule has 1 aliphatic rings. The van der Waals surface area contributed by atoms with Crippen LogP contribution in [-0.2, 0) is 25.5 Å². The molecule has 198 valence electrons. The molecule has 0 saturated heterocycles. The fourth-order valence-electron chi connectivity index (χ4n) is 4.84. The van der Waals surface area contributed by atoms with Crippen molar-refractivity contribution < 1.29 is 29.0 Å². The Labute approximate surface area is 222 Å². The lowest BCUT2D eigenvalue weighted by Gasteiger charge is -2.34. The third-order valence-corrected chi connectivity index (χ3v) is 6.51. The van der Waals surface area contributed by atoms with E-state index in [9.17, 15) is 19.5 Å². The minimum absolute atomic E-state index is 0.0211. The smallest absolute Gasteiger partial charge is 0.411 e. The van der Waals surface area contributed by atoms with Crippen molar-refractivity contribution in [2.24, 2.45) is 5.73 Å². The number of benzene rings is 3. The number of rotatable bonds is 7. The van der Waals surface area contributed by atoms with Crippen LogP contribution < -0.4 is 5.73 Å². The Morgan fingerprint density at radius 1 is 0.921 bits per heavy atom. The van der Waals surface area contributed by atoms with Crippen molar-refractivity contribution in [2.75, 3.05) is 7.11 Å². The molecule has 0 bridgehead atoms. The van der Waals surface area contributed by atoms with Crippen molar-refractivity contribution in [3.8, 4) is 11.1 Å². The highest BCUT2D eigenvalue weighted by Gasteiger charge is 2.42. The van der Waals surface area contributed by atoms with Crippen molar-refractivity contribution in [3.05, 3.63) is 95.1 Å². The van der Waals surface area contributed by atoms with Crippen LogP contribution >= 0.6 is 0 Å². The Balaban J connectivity index is 1.66. The van der Waals surface area contributed by atoms with Crippen LogP contribution in [0.1, 0.15) is 55.1 Å². The van der Waals surface area contributed by atoms with Crippen LogP contribution in [0, 0.1) is 0 Å². The van der Waals surface area contributed by atoms with Crippen LogP contribution in [-0.4, -0.2) is 46.8 Å². The number of carbonyl (C=O) groups excluding carboxylic acids is 2. The second kappa shape index (κ2) is 10.7. The maximum absolute atomic E-state index is 13.2. The summed E-state index contributed by atoms with van der Waals surface area (Å²) in [6.07, 6.45) is -0.717. The quantitative estimate of drug-likeness (QED) is 0.430. The van der Waals surface area contributed by atoms with E-state index in [4.69, 9.17) is 15.2 Å². The van der Waals surface area contributed by atoms with E-state index in [0.29, 0.717) is 11.1 Å². The molecule has 1 aliphatic carbocycles. The van der Waals surface area contributed by atoms with Crippen molar-refractivity contribution >= 4 is 18.0 Å². The normalized spacial score (nSPS) is 14.1. The predicted molar refractivity (Wildman–Crippen MR) is 142 cm³/mol. The topological polar surface area (TPSA) is 119 Å². The predicted octanol–water partition coefficient (Wildman–Crippen LogP) is 4.86. The number of hydrogen-bond donors (Lipinski definition) is 2. The van der Waals surface area contributed by atoms with Crippen molar-refractivity contribution in [2.45, 2.75) is 50.9 Å². The number of esters is 1. The number of fused-ring (bicyclic) bond motifs is 3. The summed E-state index contributed by atoms with van der Waals surface area (Å²) in [5.74, 6) is -1.71. The Bertz CT molecular complexity index is 1300. The average Bonchev–Trinajstić information content (AvgIpc) is 3.21. The van der Waals surface area contributed by atoms with Crippen LogP contribution in [0.2, 0.25) is 0 Å². The lowest BCUT2D eigenvalue weighted by Crippen LogP contribution is -2.48. The van der Waals surface area contributed by atoms with Crippen LogP contribution in [0.4, 0.5) is 4.79 Å². The number of ether oxygens (including phenoxy) is 2. The number of carbonyl (C=O) groups is 3. The third-order valence-electron chi connectivity index (χ3n) is 6.51. The summed E-state index contributed by atoms with van der Waals surface area (Å²) < 4.78 is 10.5. The van der Waals surface area contributed by atoms with E-state index < -0.39 is 41.8 Å². The van der Waals surface area contributed by atoms with Crippen molar-refractivity contribution in [1.82, 2.24) is 4.90 Å². The molecule has 38 heavy (non-hydrogen) atoms. The molecule has 0 aliphatic heterocycles. The van der Waals surface area contributed by atoms with Gasteiger partial charge < -0.3 is 20.3 Å². The van der Waals surface area contributed by atoms with Gasteiger partial charge >= 0.3 is 18.0 Å². The van der Waals surface area contributed by atoms with Gasteiger partial charge in [-0.3, -0.25) is 4.90 Å². The molecule has 4 rings (SSSR count). The highest BCUT2D eigenvalue weighted by Crippen LogP contribution is 2.47. The van der Waals surface area contributed by atoms with Gasteiger partial charge in [-0.25, -0.2) is 14.4 Å². The first-order valence-corrected chi connectivity index (χ1v) is 12.4. The molecule has 0 heterocycles. The minimum atomic E-state index is -1.22. The minimum Gasteiger partial charge on any atom is -0.480 e. The van der Waals surface area contributed by atoms with E-state index in [0.717, 1.165) is 22.3 Å². The van der Waals surface area contributed by atoms with Crippen LogP contribution in [0.3, 0.4) is 0 Å². The average molecular weight is 517 g/mol. The molecule has 1 amide bonds. The monoisotopic (exact) mass is 516 g/mol. The van der Waals surface area contributed by atoms with Gasteiger partial charge in [-0.1, -0.05) is 72.8 Å². The largest absolute Gasteiger partial charge is 0.480 e. The summed E-state index contributed by atoms with van der Waals surface area (Å²) in [4.78, 5) is 39.4. The first-order chi connectivity index (χ1) is 18.0. The molecule has 2 unspecified atom stereocenters. The van der Waals surface area contributed by atoms with E-state index >= 15 is 0 Å². The number of hydrogen-bond acceptors (Lipinski definition) is 6. The Hall–Kier alpha value is -4.17. The molecule has 0 fully saturated rings. The molecule has 0 spiro atoms. The molecule has 0 aromatic heterocycles. The number of aliphatic carboxylic acids is 1. The van der Waals surface area contributed by atoms with Gasteiger partial charge in [0.2, 0.25) is 0 Å². The van der Waals surface area contributed by atoms with Gasteiger partial charge in [-0.15, -0.1) is 0 Å². The summed E-state index contributed by atoms with van der Waals surface area (Å²) >= 11 is 0. The summed E-state index contributed by atoms with van der Waals surface area (Å²) in [5.41, 5.74) is 10.2. The van der Waals surface area contributed by atoms with Crippen molar-refractivity contribution in [3.63, 3.8) is 0 Å². The SMILES string of the molecule is COC(=O)N(C(Cc1ccc(C(N)C(=O)OC(C)(C)C)cc1)C(=O)O)C1c2ccccc2-c2ccccc21. The molecule has 3 N–H and O–H groups in total. The van der Waals surface area contributed by atoms with E-state index in [1.807, 2.05) is 48.5 Å². The first-order valence-electron chi connectivity index (χ1n) is 12.4. The number of nitrogens with zero attached hydrogens (tertiary/aromatic N) is 1. The van der Waals surface area contributed by atoms with Gasteiger partial charge in [0.25, 0.3) is 0 Å². The second-order valence-electron chi connectivity index (χ2n) is 10.3. The van der Waals surface area contributed by atoms with Gasteiger partial charge in [-0.2, -0.15) is 0 Å². The fourth-order valence-corrected chi connectivity index (χ4v) is 4.84. The molecule has 0 radical (unpaired) electrons. The maximum Gasteiger partial charge on any atom is 0.411 e. The first kappa shape index (κ1) is 26.9. The highest BCUT2D eigenvalue weighted by molar-refractivity contribution is 5.85. The number of carboxylic acid groups (broad SMARTS) is 1. The summed E-state index contributed by atoms with van der Waals surface area (Å²) in [5, 5.41) is 10.3. The third kappa shape index (κ3) is 5.40. The summed E-state index contributed by atoms with van der Waals surface area (Å²) in [6, 6.07) is 19.2. The zero-order valence-corrected chi connectivity index (χ0v) is 21.9. The van der Waals surface area contributed by atoms with E-state index in [-0.39, 0.29) is 6.42 Å². The lowest BCUT2D eigenvalue weighted by molar-refractivity contribution is -0.156. The van der Waals surface area contributed by atoms with E-state index in [1.165, 1.54) is 12.0 Å². The molecule has 0 saturated carbocycles. The van der Waals surface area contributed by atoms with Crippen LogP contribution in [0.5, 0.6) is 0 Å². The van der Waals surface area contributed by atoms with E-state index in [1.54, 1.807) is 45.0 Å². The summed E-state index contributed by atoms with van der Waals surface area (Å²) in [6.45, 7) is 5.29. The lowest BCUT2D eigenvalue weighted by atomic mass is 9.97. The molecule has 2 atom stereocenters. The maximum atomic E-state index is 13.2. The van der Waals surface area contributed by atoms with E-state index in [2.05, 4.69) is 0 Å². The van der Waals surface area contributed by atoms with Gasteiger partial charge in [0.1, 0.15) is 17.7 Å². The molecular weight excluding hydrogens is 484 g/mol. The van der Waals surface area contributed by atoms with Gasteiger partial charge in [0, 0.05) is 6.42 Å². The Morgan fingerprint density at radius 3 is 1.92 bits per heavy atom. The molecule has 8 nitrogen and oxygen atoms in total. The Kier molecular flexibility index (Phi) is 7.55. The fraction of sp³-hybridized carbons (Fsp3) is 0.300. The van der Waals surface area contributed by atoms with Gasteiger partial charge in [0.15, 0.2) is 0 Å². The second-order valence-corrected chi connectivity index (χ2v) is 10.3. The van der Waals surface area contributed by atoms with Crippen LogP contribution in [0.15, 0.2) is 72.8 Å². The zero-order chi connectivity index (χ0) is 27.6.